The van der Waals surface area contributed by atoms with Crippen LogP contribution in [0.1, 0.15) is 48.2 Å². The topological polar surface area (TPSA) is 72.7 Å². The molecule has 6 nitrogen and oxygen atoms in total. The molecule has 112 valence electrons. The van der Waals surface area contributed by atoms with Gasteiger partial charge in [0.15, 0.2) is 5.82 Å². The molecular weight excluding hydrogens is 286 g/mol. The molecular formula is C14H19N5OS. The van der Waals surface area contributed by atoms with Crippen LogP contribution in [0.2, 0.25) is 0 Å². The Hall–Kier alpha value is -1.76. The summed E-state index contributed by atoms with van der Waals surface area (Å²) in [6, 6.07) is 0.526. The average molecular weight is 305 g/mol. The predicted octanol–water partition coefficient (Wildman–Crippen LogP) is 1.80. The Morgan fingerprint density at radius 2 is 2.29 bits per heavy atom. The van der Waals surface area contributed by atoms with Crippen molar-refractivity contribution in [2.24, 2.45) is 0 Å². The molecule has 0 atom stereocenters. The molecule has 0 aliphatic heterocycles. The number of nitrogens with zero attached hydrogens (tertiary/aromatic N) is 4. The highest BCUT2D eigenvalue weighted by Gasteiger charge is 2.28. The van der Waals surface area contributed by atoms with Crippen molar-refractivity contribution in [3.05, 3.63) is 27.7 Å². The molecule has 1 amide bonds. The van der Waals surface area contributed by atoms with Gasteiger partial charge in [0, 0.05) is 11.4 Å². The largest absolute Gasteiger partial charge is 0.348 e. The van der Waals surface area contributed by atoms with Crippen LogP contribution in [0.3, 0.4) is 0 Å². The summed E-state index contributed by atoms with van der Waals surface area (Å²) < 4.78 is 2.14. The molecule has 7 heteroatoms. The van der Waals surface area contributed by atoms with Crippen molar-refractivity contribution in [3.63, 3.8) is 0 Å². The van der Waals surface area contributed by atoms with Gasteiger partial charge in [0.25, 0.3) is 0 Å². The minimum absolute atomic E-state index is 0.0223. The minimum atomic E-state index is -0.0223. The summed E-state index contributed by atoms with van der Waals surface area (Å²) in [6.07, 6.45) is 3.60. The van der Waals surface area contributed by atoms with Crippen molar-refractivity contribution >= 4 is 17.2 Å². The molecule has 1 saturated carbocycles. The molecule has 1 N–H and O–H groups in total. The normalized spacial score (nSPS) is 14.4. The van der Waals surface area contributed by atoms with E-state index < -0.39 is 0 Å². The number of amides is 1. The van der Waals surface area contributed by atoms with E-state index in [4.69, 9.17) is 0 Å². The number of hydrogen-bond donors (Lipinski definition) is 1. The van der Waals surface area contributed by atoms with Crippen molar-refractivity contribution in [1.82, 2.24) is 25.1 Å². The Kier molecular flexibility index (Phi) is 4.01. The van der Waals surface area contributed by atoms with Crippen molar-refractivity contribution in [2.75, 3.05) is 0 Å². The van der Waals surface area contributed by atoms with Crippen molar-refractivity contribution in [3.8, 4) is 0 Å². The van der Waals surface area contributed by atoms with Crippen LogP contribution in [0.15, 0.2) is 5.38 Å². The Labute approximate surface area is 127 Å². The maximum absolute atomic E-state index is 12.0. The molecule has 21 heavy (non-hydrogen) atoms. The second-order valence-corrected chi connectivity index (χ2v) is 6.25. The van der Waals surface area contributed by atoms with Crippen LogP contribution < -0.4 is 5.32 Å². The zero-order valence-electron chi connectivity index (χ0n) is 12.3. The molecule has 0 spiro atoms. The quantitative estimate of drug-likeness (QED) is 0.883. The molecule has 2 aromatic heterocycles. The number of hydrogen-bond acceptors (Lipinski definition) is 5. The van der Waals surface area contributed by atoms with Gasteiger partial charge in [-0.2, -0.15) is 0 Å². The van der Waals surface area contributed by atoms with Gasteiger partial charge in [-0.3, -0.25) is 4.79 Å². The molecule has 2 aromatic rings. The maximum atomic E-state index is 12.0. The van der Waals surface area contributed by atoms with Crippen LogP contribution in [0.5, 0.6) is 0 Å². The maximum Gasteiger partial charge on any atom is 0.226 e. The molecule has 0 saturated heterocycles. The van der Waals surface area contributed by atoms with Crippen LogP contribution >= 0.6 is 11.3 Å². The van der Waals surface area contributed by atoms with E-state index in [1.807, 2.05) is 12.3 Å². The average Bonchev–Trinajstić information content (AvgIpc) is 3.09. The number of carbonyl (C=O) groups is 1. The second kappa shape index (κ2) is 5.93. The molecule has 0 bridgehead atoms. The highest BCUT2D eigenvalue weighted by atomic mass is 32.1. The molecule has 2 heterocycles. The number of carbonyl (C=O) groups excluding carboxylic acids is 1. The van der Waals surface area contributed by atoms with Crippen LogP contribution in [0.4, 0.5) is 0 Å². The lowest BCUT2D eigenvalue weighted by Crippen LogP contribution is -2.26. The third kappa shape index (κ3) is 3.29. The fourth-order valence-corrected chi connectivity index (χ4v) is 3.08. The lowest BCUT2D eigenvalue weighted by Gasteiger charge is -2.07. The molecule has 3 rings (SSSR count). The van der Waals surface area contributed by atoms with E-state index in [1.54, 1.807) is 11.3 Å². The van der Waals surface area contributed by atoms with Gasteiger partial charge in [0.1, 0.15) is 5.82 Å². The summed E-state index contributed by atoms with van der Waals surface area (Å²) >= 11 is 1.61. The summed E-state index contributed by atoms with van der Waals surface area (Å²) in [4.78, 5) is 16.4. The second-order valence-electron chi connectivity index (χ2n) is 5.30. The number of nitrogens with one attached hydrogen (secondary N) is 1. The van der Waals surface area contributed by atoms with E-state index >= 15 is 0 Å². The summed E-state index contributed by atoms with van der Waals surface area (Å²) in [5.41, 5.74) is 0.842. The zero-order chi connectivity index (χ0) is 14.8. The van der Waals surface area contributed by atoms with Gasteiger partial charge in [0.2, 0.25) is 5.91 Å². The monoisotopic (exact) mass is 305 g/mol. The van der Waals surface area contributed by atoms with Gasteiger partial charge in [-0.05, 0) is 26.2 Å². The lowest BCUT2D eigenvalue weighted by molar-refractivity contribution is -0.120. The summed E-state index contributed by atoms with van der Waals surface area (Å²) in [5, 5.41) is 14.2. The number of aryl methyl sites for hydroxylation is 2. The number of rotatable bonds is 6. The van der Waals surface area contributed by atoms with Crippen molar-refractivity contribution in [2.45, 2.75) is 52.1 Å². The lowest BCUT2D eigenvalue weighted by atomic mass is 10.3. The molecule has 0 radical (unpaired) electrons. The summed E-state index contributed by atoms with van der Waals surface area (Å²) in [7, 11) is 0. The first-order chi connectivity index (χ1) is 10.2. The fourth-order valence-electron chi connectivity index (χ4n) is 2.34. The number of aromatic nitrogens is 4. The van der Waals surface area contributed by atoms with E-state index in [2.05, 4.69) is 32.0 Å². The SMILES string of the molecule is CCc1nc(CC(=O)NCc2nnc(C)n2C2CC2)cs1. The van der Waals surface area contributed by atoms with Crippen LogP contribution in [-0.4, -0.2) is 25.7 Å². The smallest absolute Gasteiger partial charge is 0.226 e. The van der Waals surface area contributed by atoms with Crippen molar-refractivity contribution < 1.29 is 4.79 Å². The summed E-state index contributed by atoms with van der Waals surface area (Å²) in [6.45, 7) is 4.45. The predicted molar refractivity (Wildman–Crippen MR) is 80.1 cm³/mol. The third-order valence-corrected chi connectivity index (χ3v) is 4.58. The molecule has 1 aliphatic rings. The van der Waals surface area contributed by atoms with Gasteiger partial charge in [-0.1, -0.05) is 6.92 Å². The first-order valence-electron chi connectivity index (χ1n) is 7.27. The van der Waals surface area contributed by atoms with Gasteiger partial charge < -0.3 is 9.88 Å². The first kappa shape index (κ1) is 14.2. The van der Waals surface area contributed by atoms with E-state index in [1.165, 1.54) is 12.8 Å². The first-order valence-corrected chi connectivity index (χ1v) is 8.15. The molecule has 1 aliphatic carbocycles. The van der Waals surface area contributed by atoms with Gasteiger partial charge >= 0.3 is 0 Å². The summed E-state index contributed by atoms with van der Waals surface area (Å²) in [5.74, 6) is 1.75. The Bertz CT molecular complexity index is 644. The van der Waals surface area contributed by atoms with Crippen LogP contribution in [-0.2, 0) is 24.2 Å². The van der Waals surface area contributed by atoms with Gasteiger partial charge in [-0.25, -0.2) is 4.98 Å². The van der Waals surface area contributed by atoms with Crippen LogP contribution in [0.25, 0.3) is 0 Å². The fraction of sp³-hybridized carbons (Fsp3) is 0.571. The van der Waals surface area contributed by atoms with Crippen LogP contribution in [0, 0.1) is 6.92 Å². The standard InChI is InChI=1S/C14H19N5OS/c1-3-14-16-10(8-21-14)6-13(20)15-7-12-18-17-9(2)19(12)11-4-5-11/h8,11H,3-7H2,1-2H3,(H,15,20). The number of thiazole rings is 1. The molecule has 0 unspecified atom stereocenters. The highest BCUT2D eigenvalue weighted by molar-refractivity contribution is 7.09. The van der Waals surface area contributed by atoms with E-state index in [-0.39, 0.29) is 5.91 Å². The highest BCUT2D eigenvalue weighted by Crippen LogP contribution is 2.36. The van der Waals surface area contributed by atoms with E-state index in [9.17, 15) is 4.79 Å². The minimum Gasteiger partial charge on any atom is -0.348 e. The Morgan fingerprint density at radius 1 is 1.48 bits per heavy atom. The zero-order valence-corrected chi connectivity index (χ0v) is 13.1. The Morgan fingerprint density at radius 3 is 2.95 bits per heavy atom. The van der Waals surface area contributed by atoms with E-state index in [0.717, 1.165) is 28.8 Å². The Balaban J connectivity index is 1.56. The van der Waals surface area contributed by atoms with E-state index in [0.29, 0.717) is 19.0 Å². The van der Waals surface area contributed by atoms with Crippen molar-refractivity contribution in [1.29, 1.82) is 0 Å². The van der Waals surface area contributed by atoms with Gasteiger partial charge in [-0.15, -0.1) is 21.5 Å². The third-order valence-electron chi connectivity index (χ3n) is 3.54. The van der Waals surface area contributed by atoms with Gasteiger partial charge in [0.05, 0.1) is 23.7 Å². The molecule has 1 fully saturated rings. The molecule has 0 aromatic carbocycles.